The number of nitrogens with zero attached hydrogens (tertiary/aromatic N) is 5. The van der Waals surface area contributed by atoms with Gasteiger partial charge in [-0.2, -0.15) is 5.10 Å². The van der Waals surface area contributed by atoms with Crippen LogP contribution >= 0.6 is 0 Å². The van der Waals surface area contributed by atoms with Crippen LogP contribution in [0.1, 0.15) is 46.3 Å². The quantitative estimate of drug-likeness (QED) is 0.628. The molecule has 0 bridgehead atoms. The Kier molecular flexibility index (Phi) is 4.38. The first-order valence-electron chi connectivity index (χ1n) is 11.3. The highest BCUT2D eigenvalue weighted by Gasteiger charge is 2.53. The fraction of sp³-hybridized carbons (Fsp3) is 0.360. The first-order chi connectivity index (χ1) is 15.6. The molecule has 2 aromatic heterocycles. The minimum atomic E-state index is 0.0446. The molecule has 2 aliphatic heterocycles. The third-order valence-corrected chi connectivity index (χ3v) is 6.88. The van der Waals surface area contributed by atoms with Crippen molar-refractivity contribution in [1.29, 1.82) is 0 Å². The summed E-state index contributed by atoms with van der Waals surface area (Å²) in [4.78, 5) is 34.6. The van der Waals surface area contributed by atoms with Gasteiger partial charge in [0.05, 0.1) is 29.9 Å². The molecule has 1 aromatic carbocycles. The van der Waals surface area contributed by atoms with Crippen LogP contribution in [0.2, 0.25) is 0 Å². The summed E-state index contributed by atoms with van der Waals surface area (Å²) < 4.78 is 1.81. The van der Waals surface area contributed by atoms with E-state index in [0.29, 0.717) is 31.1 Å². The lowest BCUT2D eigenvalue weighted by atomic mass is 9.99. The van der Waals surface area contributed by atoms with E-state index in [9.17, 15) is 9.59 Å². The maximum Gasteiger partial charge on any atom is 0.273 e. The fourth-order valence-corrected chi connectivity index (χ4v) is 5.11. The van der Waals surface area contributed by atoms with E-state index in [4.69, 9.17) is 5.10 Å². The molecule has 7 heteroatoms. The number of benzene rings is 1. The van der Waals surface area contributed by atoms with Crippen LogP contribution in [0.3, 0.4) is 0 Å². The zero-order valence-electron chi connectivity index (χ0n) is 18.0. The molecule has 1 unspecified atom stereocenters. The van der Waals surface area contributed by atoms with Gasteiger partial charge in [-0.3, -0.25) is 14.6 Å². The lowest BCUT2D eigenvalue weighted by Crippen LogP contribution is -2.62. The van der Waals surface area contributed by atoms with Crippen molar-refractivity contribution < 1.29 is 9.59 Å². The summed E-state index contributed by atoms with van der Waals surface area (Å²) in [5.41, 5.74) is 4.39. The van der Waals surface area contributed by atoms with E-state index in [-0.39, 0.29) is 23.9 Å². The second-order valence-corrected chi connectivity index (χ2v) is 9.04. The number of hydrogen-bond donors (Lipinski definition) is 0. The van der Waals surface area contributed by atoms with Crippen LogP contribution < -0.4 is 0 Å². The van der Waals surface area contributed by atoms with Crippen molar-refractivity contribution in [3.63, 3.8) is 0 Å². The summed E-state index contributed by atoms with van der Waals surface area (Å²) in [6, 6.07) is 15.6. The highest BCUT2D eigenvalue weighted by molar-refractivity contribution is 5.99. The lowest BCUT2D eigenvalue weighted by molar-refractivity contribution is -0.137. The van der Waals surface area contributed by atoms with E-state index in [1.807, 2.05) is 65.0 Å². The topological polar surface area (TPSA) is 71.3 Å². The van der Waals surface area contributed by atoms with Gasteiger partial charge in [0.15, 0.2) is 0 Å². The van der Waals surface area contributed by atoms with Crippen LogP contribution in [0.15, 0.2) is 54.7 Å². The van der Waals surface area contributed by atoms with E-state index in [2.05, 4.69) is 9.88 Å². The molecule has 32 heavy (non-hydrogen) atoms. The zero-order valence-corrected chi connectivity index (χ0v) is 18.0. The van der Waals surface area contributed by atoms with Gasteiger partial charge >= 0.3 is 0 Å². The zero-order chi connectivity index (χ0) is 21.8. The maximum absolute atomic E-state index is 13.7. The van der Waals surface area contributed by atoms with Gasteiger partial charge in [-0.1, -0.05) is 24.3 Å². The Morgan fingerprint density at radius 3 is 2.50 bits per heavy atom. The standard InChI is InChI=1S/C25H25N5O2/c1-16-22-23(17-10-11-17)29(25(32)24(22)30(27-16)19-8-3-2-4-9-19)20-14-28(15-20)21(31)13-18-7-5-6-12-26-18/h2-9,12,17,20,23H,10-11,13-15H2,1H3. The maximum atomic E-state index is 13.7. The normalized spacial score (nSPS) is 20.4. The molecular weight excluding hydrogens is 402 g/mol. The number of carbonyl (C=O) groups is 2. The summed E-state index contributed by atoms with van der Waals surface area (Å²) in [5, 5.41) is 4.74. The van der Waals surface area contributed by atoms with Crippen LogP contribution in [-0.4, -0.2) is 55.5 Å². The molecule has 0 N–H and O–H groups in total. The SMILES string of the molecule is Cc1nn(-c2ccccc2)c2c1C(C1CC1)N(C1CN(C(=O)Cc3ccccn3)C1)C2=O. The Labute approximate surface area is 186 Å². The molecule has 7 nitrogen and oxygen atoms in total. The lowest BCUT2D eigenvalue weighted by Gasteiger charge is -2.46. The van der Waals surface area contributed by atoms with Gasteiger partial charge in [-0.05, 0) is 49.9 Å². The monoisotopic (exact) mass is 427 g/mol. The third-order valence-electron chi connectivity index (χ3n) is 6.88. The first kappa shape index (κ1) is 19.2. The first-order valence-corrected chi connectivity index (χ1v) is 11.3. The largest absolute Gasteiger partial charge is 0.338 e. The Balaban J connectivity index is 1.25. The minimum Gasteiger partial charge on any atom is -0.338 e. The van der Waals surface area contributed by atoms with Crippen LogP contribution in [0.4, 0.5) is 0 Å². The van der Waals surface area contributed by atoms with Crippen molar-refractivity contribution in [2.24, 2.45) is 5.92 Å². The summed E-state index contributed by atoms with van der Waals surface area (Å²) >= 11 is 0. The average Bonchev–Trinajstić information content (AvgIpc) is 3.49. The molecule has 4 heterocycles. The van der Waals surface area contributed by atoms with Crippen LogP contribution in [0.5, 0.6) is 0 Å². The van der Waals surface area contributed by atoms with Gasteiger partial charge in [0.2, 0.25) is 5.91 Å². The van der Waals surface area contributed by atoms with Gasteiger partial charge in [0.1, 0.15) is 5.69 Å². The van der Waals surface area contributed by atoms with Gasteiger partial charge in [-0.25, -0.2) is 4.68 Å². The highest BCUT2D eigenvalue weighted by atomic mass is 16.2. The van der Waals surface area contributed by atoms with Crippen molar-refractivity contribution in [1.82, 2.24) is 24.6 Å². The Hall–Kier alpha value is -3.48. The number of pyridine rings is 1. The predicted octanol–water partition coefficient (Wildman–Crippen LogP) is 2.94. The second-order valence-electron chi connectivity index (χ2n) is 9.04. The van der Waals surface area contributed by atoms with Gasteiger partial charge in [0, 0.05) is 30.5 Å². The summed E-state index contributed by atoms with van der Waals surface area (Å²) in [6.07, 6.45) is 4.29. The number of aryl methyl sites for hydroxylation is 1. The molecule has 0 spiro atoms. The summed E-state index contributed by atoms with van der Waals surface area (Å²) in [7, 11) is 0. The van der Waals surface area contributed by atoms with Gasteiger partial charge < -0.3 is 9.80 Å². The third kappa shape index (κ3) is 3.03. The number of aromatic nitrogens is 3. The smallest absolute Gasteiger partial charge is 0.273 e. The number of para-hydroxylation sites is 1. The Morgan fingerprint density at radius 1 is 1.06 bits per heavy atom. The molecule has 1 saturated carbocycles. The number of amides is 2. The van der Waals surface area contributed by atoms with Crippen molar-refractivity contribution in [2.45, 2.75) is 38.3 Å². The molecule has 1 aliphatic carbocycles. The van der Waals surface area contributed by atoms with Crippen molar-refractivity contribution >= 4 is 11.8 Å². The highest BCUT2D eigenvalue weighted by Crippen LogP contribution is 2.52. The fourth-order valence-electron chi connectivity index (χ4n) is 5.11. The Bertz CT molecular complexity index is 1180. The van der Waals surface area contributed by atoms with Crippen molar-refractivity contribution in [3.05, 3.63) is 77.4 Å². The number of carbonyl (C=O) groups excluding carboxylic acids is 2. The molecular formula is C25H25N5O2. The van der Waals surface area contributed by atoms with Crippen LogP contribution in [-0.2, 0) is 11.2 Å². The number of likely N-dealkylation sites (tertiary alicyclic amines) is 1. The van der Waals surface area contributed by atoms with E-state index < -0.39 is 0 Å². The number of hydrogen-bond acceptors (Lipinski definition) is 4. The molecule has 162 valence electrons. The Morgan fingerprint density at radius 2 is 1.81 bits per heavy atom. The molecule has 2 fully saturated rings. The van der Waals surface area contributed by atoms with E-state index in [0.717, 1.165) is 35.5 Å². The molecule has 3 aliphatic rings. The number of fused-ring (bicyclic) bond motifs is 1. The molecule has 0 radical (unpaired) electrons. The predicted molar refractivity (Wildman–Crippen MR) is 118 cm³/mol. The van der Waals surface area contributed by atoms with Crippen molar-refractivity contribution in [2.75, 3.05) is 13.1 Å². The van der Waals surface area contributed by atoms with Gasteiger partial charge in [-0.15, -0.1) is 0 Å². The number of rotatable bonds is 5. The molecule has 3 aromatic rings. The van der Waals surface area contributed by atoms with Crippen LogP contribution in [0, 0.1) is 12.8 Å². The summed E-state index contributed by atoms with van der Waals surface area (Å²) in [6.45, 7) is 3.18. The average molecular weight is 428 g/mol. The summed E-state index contributed by atoms with van der Waals surface area (Å²) in [5.74, 6) is 0.604. The van der Waals surface area contributed by atoms with E-state index in [1.54, 1.807) is 6.20 Å². The minimum absolute atomic E-state index is 0.0446. The van der Waals surface area contributed by atoms with E-state index >= 15 is 0 Å². The molecule has 2 amide bonds. The molecule has 6 rings (SSSR count). The molecule has 1 saturated heterocycles. The van der Waals surface area contributed by atoms with Crippen LogP contribution in [0.25, 0.3) is 5.69 Å². The van der Waals surface area contributed by atoms with E-state index in [1.165, 1.54) is 0 Å². The van der Waals surface area contributed by atoms with Crippen molar-refractivity contribution in [3.8, 4) is 5.69 Å². The molecule has 1 atom stereocenters. The van der Waals surface area contributed by atoms with Gasteiger partial charge in [0.25, 0.3) is 5.91 Å². The second kappa shape index (κ2) is 7.29.